The molecule has 2 aromatic heterocycles. The molecule has 0 saturated carbocycles. The Bertz CT molecular complexity index is 1120. The second-order valence-corrected chi connectivity index (χ2v) is 8.69. The van der Waals surface area contributed by atoms with Gasteiger partial charge < -0.3 is 4.90 Å². The number of halogens is 2. The average molecular weight is 445 g/mol. The van der Waals surface area contributed by atoms with Crippen LogP contribution in [0.5, 0.6) is 0 Å². The van der Waals surface area contributed by atoms with Crippen LogP contribution in [0.4, 0.5) is 0 Å². The van der Waals surface area contributed by atoms with E-state index in [1.165, 1.54) is 0 Å². The molecule has 0 radical (unpaired) electrons. The van der Waals surface area contributed by atoms with Gasteiger partial charge in [-0.15, -0.1) is 0 Å². The van der Waals surface area contributed by atoms with Crippen molar-refractivity contribution in [2.45, 2.75) is 32.7 Å². The maximum atomic E-state index is 13.0. The fraction of sp³-hybridized carbons (Fsp3) is 0.364. The molecule has 156 valence electrons. The zero-order chi connectivity index (χ0) is 21.4. The monoisotopic (exact) mass is 444 g/mol. The average Bonchev–Trinajstić information content (AvgIpc) is 3.18. The summed E-state index contributed by atoms with van der Waals surface area (Å²) in [7, 11) is 0. The Morgan fingerprint density at radius 1 is 1.03 bits per heavy atom. The molecule has 0 N–H and O–H groups in total. The van der Waals surface area contributed by atoms with E-state index in [0.29, 0.717) is 47.1 Å². The molecular weight excluding hydrogens is 423 g/mol. The van der Waals surface area contributed by atoms with Gasteiger partial charge in [0.1, 0.15) is 0 Å². The van der Waals surface area contributed by atoms with Crippen molar-refractivity contribution in [3.8, 4) is 0 Å². The molecule has 1 fully saturated rings. The molecule has 3 heterocycles. The molecule has 4 rings (SSSR count). The number of carbonyl (C=O) groups excluding carboxylic acids is 2. The summed E-state index contributed by atoms with van der Waals surface area (Å²) in [5.74, 6) is -0.150. The molecule has 1 saturated heterocycles. The first kappa shape index (κ1) is 20.8. The van der Waals surface area contributed by atoms with Gasteiger partial charge in [0.25, 0.3) is 5.91 Å². The number of aromatic nitrogens is 3. The fourth-order valence-corrected chi connectivity index (χ4v) is 4.15. The first-order valence-electron chi connectivity index (χ1n) is 9.97. The predicted molar refractivity (Wildman–Crippen MR) is 117 cm³/mol. The Labute approximate surface area is 184 Å². The number of Topliss-reactive ketones (excluding diaryl/α,β-unsaturated/α-hetero) is 1. The molecule has 1 aliphatic heterocycles. The van der Waals surface area contributed by atoms with Crippen molar-refractivity contribution in [1.82, 2.24) is 19.7 Å². The summed E-state index contributed by atoms with van der Waals surface area (Å²) < 4.78 is 1.84. The maximum absolute atomic E-state index is 13.0. The van der Waals surface area contributed by atoms with Crippen LogP contribution in [0.1, 0.15) is 53.4 Å². The normalized spacial score (nSPS) is 15.2. The van der Waals surface area contributed by atoms with Crippen LogP contribution in [0.2, 0.25) is 10.0 Å². The van der Waals surface area contributed by atoms with E-state index >= 15 is 0 Å². The van der Waals surface area contributed by atoms with Crippen LogP contribution in [-0.2, 0) is 0 Å². The summed E-state index contributed by atoms with van der Waals surface area (Å²) in [5.41, 5.74) is 1.87. The van der Waals surface area contributed by atoms with E-state index in [1.54, 1.807) is 35.5 Å². The van der Waals surface area contributed by atoms with E-state index < -0.39 is 0 Å². The molecule has 0 bridgehead atoms. The topological polar surface area (TPSA) is 68.1 Å². The van der Waals surface area contributed by atoms with Gasteiger partial charge >= 0.3 is 0 Å². The van der Waals surface area contributed by atoms with Gasteiger partial charge in [0.2, 0.25) is 0 Å². The van der Waals surface area contributed by atoms with Crippen molar-refractivity contribution >= 4 is 45.9 Å². The largest absolute Gasteiger partial charge is 0.339 e. The number of hydrogen-bond donors (Lipinski definition) is 0. The molecule has 0 spiro atoms. The maximum Gasteiger partial charge on any atom is 0.255 e. The van der Waals surface area contributed by atoms with Crippen LogP contribution in [-0.4, -0.2) is 44.4 Å². The lowest BCUT2D eigenvalue weighted by Crippen LogP contribution is -2.40. The minimum Gasteiger partial charge on any atom is -0.339 e. The summed E-state index contributed by atoms with van der Waals surface area (Å²) in [6.45, 7) is 5.13. The zero-order valence-electron chi connectivity index (χ0n) is 16.8. The van der Waals surface area contributed by atoms with Crippen molar-refractivity contribution < 1.29 is 9.59 Å². The second-order valence-electron chi connectivity index (χ2n) is 7.88. The highest BCUT2D eigenvalue weighted by Gasteiger charge is 2.29. The molecule has 0 atom stereocenters. The highest BCUT2D eigenvalue weighted by atomic mass is 35.5. The molecule has 3 aromatic rings. The quantitative estimate of drug-likeness (QED) is 0.527. The molecule has 0 aliphatic carbocycles. The van der Waals surface area contributed by atoms with Crippen LogP contribution in [0.3, 0.4) is 0 Å². The number of benzene rings is 1. The first-order valence-corrected chi connectivity index (χ1v) is 10.7. The molecular formula is C22H22Cl2N4O2. The highest BCUT2D eigenvalue weighted by molar-refractivity contribution is 6.42. The molecule has 1 amide bonds. The van der Waals surface area contributed by atoms with E-state index in [9.17, 15) is 9.59 Å². The van der Waals surface area contributed by atoms with Crippen LogP contribution in [0.15, 0.2) is 36.7 Å². The smallest absolute Gasteiger partial charge is 0.255 e. The van der Waals surface area contributed by atoms with Crippen molar-refractivity contribution in [2.24, 2.45) is 5.92 Å². The number of piperidine rings is 1. The third-order valence-corrected chi connectivity index (χ3v) is 6.27. The number of amides is 1. The number of hydrogen-bond acceptors (Lipinski definition) is 4. The Morgan fingerprint density at radius 2 is 1.77 bits per heavy atom. The third-order valence-electron chi connectivity index (χ3n) is 5.53. The number of nitrogens with zero attached hydrogens (tertiary/aromatic N) is 4. The Balaban J connectivity index is 1.43. The van der Waals surface area contributed by atoms with Gasteiger partial charge in [-0.25, -0.2) is 9.67 Å². The van der Waals surface area contributed by atoms with Gasteiger partial charge in [0.15, 0.2) is 11.4 Å². The summed E-state index contributed by atoms with van der Waals surface area (Å²) >= 11 is 12.0. The lowest BCUT2D eigenvalue weighted by Gasteiger charge is -2.31. The molecule has 8 heteroatoms. The lowest BCUT2D eigenvalue weighted by molar-refractivity contribution is 0.0650. The van der Waals surface area contributed by atoms with Crippen molar-refractivity contribution in [3.05, 3.63) is 57.8 Å². The molecule has 6 nitrogen and oxygen atoms in total. The van der Waals surface area contributed by atoms with Crippen LogP contribution in [0.25, 0.3) is 11.0 Å². The molecule has 30 heavy (non-hydrogen) atoms. The van der Waals surface area contributed by atoms with E-state index in [-0.39, 0.29) is 23.7 Å². The van der Waals surface area contributed by atoms with Gasteiger partial charge in [-0.3, -0.25) is 9.59 Å². The van der Waals surface area contributed by atoms with Gasteiger partial charge in [0, 0.05) is 42.2 Å². The van der Waals surface area contributed by atoms with Crippen molar-refractivity contribution in [2.75, 3.05) is 13.1 Å². The standard InChI is InChI=1S/C22H22Cl2N4O2/c1-13(2)28-21-16(12-26-28)9-17(11-25-21)22(30)27-7-5-14(6-8-27)20(29)15-3-4-18(23)19(24)10-15/h3-4,9-14H,5-8H2,1-2H3. The van der Waals surface area contributed by atoms with Crippen LogP contribution >= 0.6 is 23.2 Å². The fourth-order valence-electron chi connectivity index (χ4n) is 3.85. The molecule has 1 aliphatic rings. The Morgan fingerprint density at radius 3 is 2.43 bits per heavy atom. The summed E-state index contributed by atoms with van der Waals surface area (Å²) in [6.07, 6.45) is 4.58. The Kier molecular flexibility index (Phi) is 5.80. The zero-order valence-corrected chi connectivity index (χ0v) is 18.3. The minimum atomic E-state index is -0.129. The number of likely N-dealkylation sites (tertiary alicyclic amines) is 1. The number of fused-ring (bicyclic) bond motifs is 1. The predicted octanol–water partition coefficient (Wildman–Crippen LogP) is 5.05. The number of ketones is 1. The SMILES string of the molecule is CC(C)n1ncc2cc(C(=O)N3CCC(C(=O)c4ccc(Cl)c(Cl)c4)CC3)cnc21. The lowest BCUT2D eigenvalue weighted by atomic mass is 9.88. The molecule has 1 aromatic carbocycles. The Hall–Kier alpha value is -2.44. The second kappa shape index (κ2) is 8.36. The summed E-state index contributed by atoms with van der Waals surface area (Å²) in [6, 6.07) is 6.99. The highest BCUT2D eigenvalue weighted by Crippen LogP contribution is 2.27. The number of carbonyl (C=O) groups is 2. The van der Waals surface area contributed by atoms with Gasteiger partial charge in [0.05, 0.1) is 21.8 Å². The van der Waals surface area contributed by atoms with Gasteiger partial charge in [-0.05, 0) is 51.0 Å². The van der Waals surface area contributed by atoms with E-state index in [0.717, 1.165) is 11.0 Å². The minimum absolute atomic E-state index is 0.0462. The van der Waals surface area contributed by atoms with Crippen LogP contribution in [0, 0.1) is 5.92 Å². The number of pyridine rings is 1. The van der Waals surface area contributed by atoms with E-state index in [2.05, 4.69) is 10.1 Å². The van der Waals surface area contributed by atoms with Gasteiger partial charge in [-0.2, -0.15) is 5.10 Å². The third kappa shape index (κ3) is 3.94. The van der Waals surface area contributed by atoms with Crippen molar-refractivity contribution in [1.29, 1.82) is 0 Å². The number of rotatable bonds is 4. The first-order chi connectivity index (χ1) is 14.3. The van der Waals surface area contributed by atoms with E-state index in [1.807, 2.05) is 24.6 Å². The van der Waals surface area contributed by atoms with Crippen molar-refractivity contribution in [3.63, 3.8) is 0 Å². The molecule has 0 unspecified atom stereocenters. The van der Waals surface area contributed by atoms with E-state index in [4.69, 9.17) is 23.2 Å². The van der Waals surface area contributed by atoms with Gasteiger partial charge in [-0.1, -0.05) is 23.2 Å². The van der Waals surface area contributed by atoms with Crippen LogP contribution < -0.4 is 0 Å². The summed E-state index contributed by atoms with van der Waals surface area (Å²) in [5, 5.41) is 6.00. The summed E-state index contributed by atoms with van der Waals surface area (Å²) in [4.78, 5) is 32.0.